The number of anilines is 2. The highest BCUT2D eigenvalue weighted by atomic mass is 16.5. The molecule has 0 aliphatic rings. The third-order valence-corrected chi connectivity index (χ3v) is 4.76. The average Bonchev–Trinajstić information content (AvgIpc) is 2.74. The van der Waals surface area contributed by atoms with Crippen molar-refractivity contribution in [3.8, 4) is 0 Å². The number of para-hydroxylation sites is 2. The second kappa shape index (κ2) is 13.5. The Labute approximate surface area is 180 Å². The quantitative estimate of drug-likeness (QED) is 0.468. The molecule has 0 radical (unpaired) electrons. The topological polar surface area (TPSA) is 58.6 Å². The van der Waals surface area contributed by atoms with E-state index in [2.05, 4.69) is 12.2 Å². The first-order valence-corrected chi connectivity index (χ1v) is 10.9. The van der Waals surface area contributed by atoms with Crippen LogP contribution in [0.2, 0.25) is 0 Å². The van der Waals surface area contributed by atoms with Crippen molar-refractivity contribution in [3.63, 3.8) is 0 Å². The predicted octanol–water partition coefficient (Wildman–Crippen LogP) is 5.09. The summed E-state index contributed by atoms with van der Waals surface area (Å²) in [5, 5.41) is 2.93. The summed E-state index contributed by atoms with van der Waals surface area (Å²) in [6.45, 7) is 6.13. The van der Waals surface area contributed by atoms with Gasteiger partial charge < -0.3 is 10.1 Å². The molecule has 2 aromatic carbocycles. The van der Waals surface area contributed by atoms with E-state index in [-0.39, 0.29) is 17.7 Å². The SMILES string of the molecule is CCCCOCCCNC(=O)C[C@H](C)CC(=O)N(c1ccccc1)c1ccccc1. The molecule has 0 spiro atoms. The van der Waals surface area contributed by atoms with Gasteiger partial charge in [0.15, 0.2) is 0 Å². The molecule has 0 aliphatic heterocycles. The number of carbonyl (C=O) groups is 2. The second-order valence-corrected chi connectivity index (χ2v) is 7.58. The Balaban J connectivity index is 1.83. The van der Waals surface area contributed by atoms with Crippen molar-refractivity contribution in [3.05, 3.63) is 60.7 Å². The Morgan fingerprint density at radius 1 is 0.900 bits per heavy atom. The first-order valence-electron chi connectivity index (χ1n) is 10.9. The first kappa shape index (κ1) is 23.6. The monoisotopic (exact) mass is 410 g/mol. The lowest BCUT2D eigenvalue weighted by Gasteiger charge is -2.24. The summed E-state index contributed by atoms with van der Waals surface area (Å²) >= 11 is 0. The van der Waals surface area contributed by atoms with Crippen molar-refractivity contribution in [2.75, 3.05) is 24.7 Å². The van der Waals surface area contributed by atoms with Crippen LogP contribution in [0.4, 0.5) is 11.4 Å². The maximum atomic E-state index is 13.1. The highest BCUT2D eigenvalue weighted by Crippen LogP contribution is 2.27. The molecule has 0 aliphatic carbocycles. The molecule has 2 amide bonds. The minimum atomic E-state index is -0.0479. The number of rotatable bonds is 13. The molecule has 0 unspecified atom stereocenters. The fourth-order valence-electron chi connectivity index (χ4n) is 3.19. The van der Waals surface area contributed by atoms with Crippen LogP contribution in [0.25, 0.3) is 0 Å². The number of benzene rings is 2. The van der Waals surface area contributed by atoms with E-state index in [1.54, 1.807) is 4.90 Å². The summed E-state index contributed by atoms with van der Waals surface area (Å²) in [5.74, 6) is -0.0833. The molecule has 1 atom stereocenters. The molecule has 30 heavy (non-hydrogen) atoms. The molecule has 2 rings (SSSR count). The van der Waals surface area contributed by atoms with Crippen molar-refractivity contribution >= 4 is 23.2 Å². The van der Waals surface area contributed by atoms with Crippen molar-refractivity contribution < 1.29 is 14.3 Å². The Morgan fingerprint density at radius 3 is 2.03 bits per heavy atom. The molecule has 2 aromatic rings. The zero-order valence-corrected chi connectivity index (χ0v) is 18.2. The van der Waals surface area contributed by atoms with Gasteiger partial charge in [0, 0.05) is 44.0 Å². The Kier molecular flexibility index (Phi) is 10.7. The number of nitrogens with one attached hydrogen (secondary N) is 1. The van der Waals surface area contributed by atoms with Gasteiger partial charge in [0.25, 0.3) is 0 Å². The van der Waals surface area contributed by atoms with Crippen molar-refractivity contribution in [2.45, 2.75) is 46.0 Å². The standard InChI is InChI=1S/C25H34N2O3/c1-3-4-17-30-18-11-16-26-24(28)19-21(2)20-25(29)27(22-12-7-5-8-13-22)23-14-9-6-10-15-23/h5-10,12-15,21H,3-4,11,16-20H2,1-2H3,(H,26,28)/t21-/m0/s1. The summed E-state index contributed by atoms with van der Waals surface area (Å²) < 4.78 is 5.50. The average molecular weight is 411 g/mol. The molecule has 5 heteroatoms. The van der Waals surface area contributed by atoms with Gasteiger partial charge in [-0.3, -0.25) is 14.5 Å². The van der Waals surface area contributed by atoms with Gasteiger partial charge in [0.2, 0.25) is 11.8 Å². The van der Waals surface area contributed by atoms with Gasteiger partial charge in [-0.05, 0) is 43.0 Å². The number of unbranched alkanes of at least 4 members (excludes halogenated alkanes) is 1. The molecule has 1 N–H and O–H groups in total. The molecule has 162 valence electrons. The van der Waals surface area contributed by atoms with Crippen LogP contribution >= 0.6 is 0 Å². The second-order valence-electron chi connectivity index (χ2n) is 7.58. The van der Waals surface area contributed by atoms with Gasteiger partial charge >= 0.3 is 0 Å². The lowest BCUT2D eigenvalue weighted by molar-refractivity contribution is -0.122. The lowest BCUT2D eigenvalue weighted by atomic mass is 10.0. The molecule has 0 saturated heterocycles. The van der Waals surface area contributed by atoms with Crippen molar-refractivity contribution in [1.29, 1.82) is 0 Å². The number of ether oxygens (including phenoxy) is 1. The summed E-state index contributed by atoms with van der Waals surface area (Å²) in [6, 6.07) is 19.2. The third kappa shape index (κ3) is 8.37. The predicted molar refractivity (Wildman–Crippen MR) is 122 cm³/mol. The molecule has 5 nitrogen and oxygen atoms in total. The zero-order chi connectivity index (χ0) is 21.6. The summed E-state index contributed by atoms with van der Waals surface area (Å²) in [4.78, 5) is 27.0. The molecular formula is C25H34N2O3. The normalized spacial score (nSPS) is 11.7. The van der Waals surface area contributed by atoms with Crippen LogP contribution < -0.4 is 10.2 Å². The minimum absolute atomic E-state index is 0.0166. The van der Waals surface area contributed by atoms with E-state index in [0.717, 1.165) is 37.2 Å². The van der Waals surface area contributed by atoms with E-state index >= 15 is 0 Å². The van der Waals surface area contributed by atoms with Crippen LogP contribution in [0.5, 0.6) is 0 Å². The van der Waals surface area contributed by atoms with E-state index in [1.165, 1.54) is 0 Å². The Bertz CT molecular complexity index is 710. The fourth-order valence-corrected chi connectivity index (χ4v) is 3.19. The van der Waals surface area contributed by atoms with Crippen molar-refractivity contribution in [1.82, 2.24) is 5.32 Å². The number of hydrogen-bond acceptors (Lipinski definition) is 3. The Hall–Kier alpha value is -2.66. The molecule has 0 bridgehead atoms. The molecular weight excluding hydrogens is 376 g/mol. The molecule has 0 aromatic heterocycles. The fraction of sp³-hybridized carbons (Fsp3) is 0.440. The van der Waals surface area contributed by atoms with Gasteiger partial charge in [0.1, 0.15) is 0 Å². The highest BCUT2D eigenvalue weighted by Gasteiger charge is 2.21. The van der Waals surface area contributed by atoms with Crippen LogP contribution in [0.3, 0.4) is 0 Å². The molecule has 0 saturated carbocycles. The maximum Gasteiger partial charge on any atom is 0.231 e. The van der Waals surface area contributed by atoms with E-state index in [1.807, 2.05) is 67.6 Å². The third-order valence-electron chi connectivity index (χ3n) is 4.76. The van der Waals surface area contributed by atoms with Gasteiger partial charge in [-0.25, -0.2) is 0 Å². The zero-order valence-electron chi connectivity index (χ0n) is 18.2. The smallest absolute Gasteiger partial charge is 0.231 e. The summed E-state index contributed by atoms with van der Waals surface area (Å²) in [5.41, 5.74) is 1.65. The minimum Gasteiger partial charge on any atom is -0.381 e. The largest absolute Gasteiger partial charge is 0.381 e. The first-order chi connectivity index (χ1) is 14.6. The summed E-state index contributed by atoms with van der Waals surface area (Å²) in [7, 11) is 0. The number of amides is 2. The van der Waals surface area contributed by atoms with Crippen LogP contribution in [0, 0.1) is 5.92 Å². The van der Waals surface area contributed by atoms with E-state index in [9.17, 15) is 9.59 Å². The van der Waals surface area contributed by atoms with Crippen LogP contribution in [0.15, 0.2) is 60.7 Å². The van der Waals surface area contributed by atoms with Crippen molar-refractivity contribution in [2.24, 2.45) is 5.92 Å². The number of hydrogen-bond donors (Lipinski definition) is 1. The number of nitrogens with zero attached hydrogens (tertiary/aromatic N) is 1. The van der Waals surface area contributed by atoms with E-state index < -0.39 is 0 Å². The number of carbonyl (C=O) groups excluding carboxylic acids is 2. The van der Waals surface area contributed by atoms with E-state index in [0.29, 0.717) is 26.0 Å². The van der Waals surface area contributed by atoms with E-state index in [4.69, 9.17) is 4.74 Å². The highest BCUT2D eigenvalue weighted by molar-refractivity contribution is 6.00. The van der Waals surface area contributed by atoms with Crippen LogP contribution in [-0.4, -0.2) is 31.6 Å². The van der Waals surface area contributed by atoms with Gasteiger partial charge in [-0.1, -0.05) is 56.7 Å². The van der Waals surface area contributed by atoms with Crippen LogP contribution in [0.1, 0.15) is 46.0 Å². The van der Waals surface area contributed by atoms with Gasteiger partial charge in [0.05, 0.1) is 0 Å². The van der Waals surface area contributed by atoms with Crippen LogP contribution in [-0.2, 0) is 14.3 Å². The Morgan fingerprint density at radius 2 is 1.47 bits per heavy atom. The molecule has 0 heterocycles. The van der Waals surface area contributed by atoms with Gasteiger partial charge in [-0.15, -0.1) is 0 Å². The lowest BCUT2D eigenvalue weighted by Crippen LogP contribution is -2.30. The molecule has 0 fully saturated rings. The van der Waals surface area contributed by atoms with Gasteiger partial charge in [-0.2, -0.15) is 0 Å². The summed E-state index contributed by atoms with van der Waals surface area (Å²) in [6.07, 6.45) is 3.63. The maximum absolute atomic E-state index is 13.1.